The molecule has 0 unspecified atom stereocenters. The fraction of sp³-hybridized carbons (Fsp3) is 0.167. The molecule has 1 aromatic carbocycles. The minimum atomic E-state index is -0.377. The van der Waals surface area contributed by atoms with Crippen molar-refractivity contribution in [2.24, 2.45) is 0 Å². The van der Waals surface area contributed by atoms with Crippen molar-refractivity contribution in [1.29, 1.82) is 0 Å². The number of hydrogen-bond acceptors (Lipinski definition) is 6. The molecule has 2 aromatic heterocycles. The van der Waals surface area contributed by atoms with E-state index in [4.69, 9.17) is 5.73 Å². The Labute approximate surface area is 118 Å². The zero-order valence-corrected chi connectivity index (χ0v) is 11.6. The summed E-state index contributed by atoms with van der Waals surface area (Å²) in [5, 5.41) is 4.65. The third kappa shape index (κ3) is 2.07. The second-order valence-electron chi connectivity index (χ2n) is 4.20. The summed E-state index contributed by atoms with van der Waals surface area (Å²) in [5.41, 5.74) is 6.93. The molecule has 2 N–H and O–H groups in total. The van der Waals surface area contributed by atoms with Crippen LogP contribution >= 0.6 is 11.8 Å². The molecule has 0 fully saturated rings. The Kier molecular flexibility index (Phi) is 3.01. The van der Waals surface area contributed by atoms with Gasteiger partial charge in [-0.25, -0.2) is 4.39 Å². The topological polar surface area (TPSA) is 82.0 Å². The van der Waals surface area contributed by atoms with E-state index in [1.54, 1.807) is 12.1 Å². The van der Waals surface area contributed by atoms with E-state index in [1.165, 1.54) is 22.3 Å². The lowest BCUT2D eigenvalue weighted by atomic mass is 10.1. The van der Waals surface area contributed by atoms with Gasteiger partial charge in [-0.1, -0.05) is 17.8 Å². The molecule has 0 bridgehead atoms. The summed E-state index contributed by atoms with van der Waals surface area (Å²) >= 11 is 1.35. The maximum absolute atomic E-state index is 13.9. The molecule has 2 heterocycles. The number of aromatic nitrogens is 5. The van der Waals surface area contributed by atoms with Crippen molar-refractivity contribution in [3.05, 3.63) is 29.6 Å². The van der Waals surface area contributed by atoms with E-state index >= 15 is 0 Å². The Morgan fingerprint density at radius 3 is 2.75 bits per heavy atom. The number of hydrogen-bond donors (Lipinski definition) is 1. The summed E-state index contributed by atoms with van der Waals surface area (Å²) < 4.78 is 15.2. The summed E-state index contributed by atoms with van der Waals surface area (Å²) in [6.45, 7) is 1.82. The van der Waals surface area contributed by atoms with Crippen LogP contribution in [0.2, 0.25) is 0 Å². The van der Waals surface area contributed by atoms with Gasteiger partial charge in [0.25, 0.3) is 5.78 Å². The number of benzene rings is 1. The standard InChI is InChI=1S/C12H11FN6S/c1-6-3-4-7(8(13)5-6)9-15-11-17-12(20-2)16-10(14)19(11)18-9/h3-5H,1-2H3,(H2,14,15,16,17,18). The second-order valence-corrected chi connectivity index (χ2v) is 4.97. The van der Waals surface area contributed by atoms with Crippen LogP contribution in [0.15, 0.2) is 23.4 Å². The molecule has 0 spiro atoms. The average Bonchev–Trinajstić information content (AvgIpc) is 2.82. The van der Waals surface area contributed by atoms with E-state index in [0.717, 1.165) is 5.56 Å². The Morgan fingerprint density at radius 2 is 2.05 bits per heavy atom. The third-order valence-electron chi connectivity index (χ3n) is 2.76. The van der Waals surface area contributed by atoms with Gasteiger partial charge in [0.1, 0.15) is 5.82 Å². The molecule has 8 heteroatoms. The average molecular weight is 290 g/mol. The van der Waals surface area contributed by atoms with Gasteiger partial charge in [-0.15, -0.1) is 5.10 Å². The van der Waals surface area contributed by atoms with E-state index in [9.17, 15) is 4.39 Å². The molecule has 0 atom stereocenters. The van der Waals surface area contributed by atoms with Crippen molar-refractivity contribution in [3.63, 3.8) is 0 Å². The Balaban J connectivity index is 2.20. The molecule has 20 heavy (non-hydrogen) atoms. The van der Waals surface area contributed by atoms with Crippen molar-refractivity contribution in [3.8, 4) is 11.4 Å². The van der Waals surface area contributed by atoms with Crippen LogP contribution in [0.3, 0.4) is 0 Å². The molecule has 0 aliphatic heterocycles. The molecule has 0 aliphatic carbocycles. The van der Waals surface area contributed by atoms with Gasteiger partial charge in [-0.05, 0) is 30.9 Å². The van der Waals surface area contributed by atoms with Gasteiger partial charge in [0.15, 0.2) is 11.0 Å². The van der Waals surface area contributed by atoms with Crippen LogP contribution in [0.1, 0.15) is 5.56 Å². The van der Waals surface area contributed by atoms with Crippen LogP contribution in [0.25, 0.3) is 17.2 Å². The number of aryl methyl sites for hydroxylation is 1. The van der Waals surface area contributed by atoms with E-state index in [0.29, 0.717) is 16.5 Å². The summed E-state index contributed by atoms with van der Waals surface area (Å²) in [4.78, 5) is 12.5. The van der Waals surface area contributed by atoms with Crippen LogP contribution in [-0.2, 0) is 0 Å². The second kappa shape index (κ2) is 4.71. The van der Waals surface area contributed by atoms with Gasteiger partial charge in [0, 0.05) is 0 Å². The van der Waals surface area contributed by atoms with Crippen molar-refractivity contribution >= 4 is 23.5 Å². The van der Waals surface area contributed by atoms with Crippen molar-refractivity contribution < 1.29 is 4.39 Å². The van der Waals surface area contributed by atoms with E-state index in [1.807, 2.05) is 13.2 Å². The zero-order valence-electron chi connectivity index (χ0n) is 10.8. The highest BCUT2D eigenvalue weighted by molar-refractivity contribution is 7.98. The number of rotatable bonds is 2. The molecule has 102 valence electrons. The zero-order chi connectivity index (χ0) is 14.3. The first-order valence-electron chi connectivity index (χ1n) is 5.79. The Hall–Kier alpha value is -2.22. The van der Waals surface area contributed by atoms with E-state index < -0.39 is 0 Å². The fourth-order valence-electron chi connectivity index (χ4n) is 1.79. The number of thioether (sulfide) groups is 1. The predicted molar refractivity (Wildman–Crippen MR) is 74.9 cm³/mol. The van der Waals surface area contributed by atoms with Crippen LogP contribution in [0, 0.1) is 12.7 Å². The highest BCUT2D eigenvalue weighted by Gasteiger charge is 2.14. The summed E-state index contributed by atoms with van der Waals surface area (Å²) in [7, 11) is 0. The molecule has 6 nitrogen and oxygen atoms in total. The molecule has 0 radical (unpaired) electrons. The van der Waals surface area contributed by atoms with Crippen LogP contribution in [-0.4, -0.2) is 30.8 Å². The van der Waals surface area contributed by atoms with Crippen LogP contribution in [0.5, 0.6) is 0 Å². The number of halogens is 1. The predicted octanol–water partition coefficient (Wildman–Crippen LogP) is 1.94. The number of nitrogens with two attached hydrogens (primary N) is 1. The first kappa shape index (κ1) is 12.8. The monoisotopic (exact) mass is 290 g/mol. The van der Waals surface area contributed by atoms with Gasteiger partial charge in [0.05, 0.1) is 5.56 Å². The maximum atomic E-state index is 13.9. The van der Waals surface area contributed by atoms with Gasteiger partial charge in [-0.2, -0.15) is 19.5 Å². The van der Waals surface area contributed by atoms with Gasteiger partial charge in [-0.3, -0.25) is 0 Å². The summed E-state index contributed by atoms with van der Waals surface area (Å²) in [6, 6.07) is 4.87. The van der Waals surface area contributed by atoms with Crippen LogP contribution in [0.4, 0.5) is 10.3 Å². The largest absolute Gasteiger partial charge is 0.368 e. The van der Waals surface area contributed by atoms with Gasteiger partial charge >= 0.3 is 0 Å². The fourth-order valence-corrected chi connectivity index (χ4v) is 2.15. The quantitative estimate of drug-likeness (QED) is 0.726. The highest BCUT2D eigenvalue weighted by Crippen LogP contribution is 2.22. The van der Waals surface area contributed by atoms with Gasteiger partial charge in [0.2, 0.25) is 5.95 Å². The lowest BCUT2D eigenvalue weighted by molar-refractivity contribution is 0.628. The van der Waals surface area contributed by atoms with E-state index in [2.05, 4.69) is 20.1 Å². The SMILES string of the molecule is CSc1nc(N)n2nc(-c3ccc(C)cc3F)nc2n1. The molecule has 3 rings (SSSR count). The minimum absolute atomic E-state index is 0.172. The summed E-state index contributed by atoms with van der Waals surface area (Å²) in [6.07, 6.45) is 1.84. The first-order chi connectivity index (χ1) is 9.58. The minimum Gasteiger partial charge on any atom is -0.368 e. The summed E-state index contributed by atoms with van der Waals surface area (Å²) in [5.74, 6) is 0.335. The normalized spacial score (nSPS) is 11.2. The molecule has 0 saturated heterocycles. The Morgan fingerprint density at radius 1 is 1.25 bits per heavy atom. The molecular formula is C12H11FN6S. The number of nitrogen functional groups attached to an aromatic ring is 1. The van der Waals surface area contributed by atoms with Crippen molar-refractivity contribution in [1.82, 2.24) is 24.6 Å². The van der Waals surface area contributed by atoms with Crippen LogP contribution < -0.4 is 5.73 Å². The van der Waals surface area contributed by atoms with Gasteiger partial charge < -0.3 is 5.73 Å². The smallest absolute Gasteiger partial charge is 0.258 e. The van der Waals surface area contributed by atoms with Crippen molar-refractivity contribution in [2.75, 3.05) is 12.0 Å². The Bertz CT molecular complexity index is 800. The first-order valence-corrected chi connectivity index (χ1v) is 7.02. The number of nitrogens with zero attached hydrogens (tertiary/aromatic N) is 5. The van der Waals surface area contributed by atoms with Crippen molar-refractivity contribution in [2.45, 2.75) is 12.1 Å². The third-order valence-corrected chi connectivity index (χ3v) is 3.31. The molecular weight excluding hydrogens is 279 g/mol. The number of anilines is 1. The highest BCUT2D eigenvalue weighted by atomic mass is 32.2. The molecule has 0 amide bonds. The lowest BCUT2D eigenvalue weighted by Gasteiger charge is -1.99. The molecule has 3 aromatic rings. The maximum Gasteiger partial charge on any atom is 0.258 e. The lowest BCUT2D eigenvalue weighted by Crippen LogP contribution is -2.04. The number of fused-ring (bicyclic) bond motifs is 1. The molecule has 0 saturated carbocycles. The molecule has 0 aliphatic rings. The van der Waals surface area contributed by atoms with E-state index in [-0.39, 0.29) is 17.6 Å².